The summed E-state index contributed by atoms with van der Waals surface area (Å²) in [6.07, 6.45) is -1.06. The second-order valence-corrected chi connectivity index (χ2v) is 7.43. The van der Waals surface area contributed by atoms with Crippen LogP contribution in [0.2, 0.25) is 5.15 Å². The topological polar surface area (TPSA) is 53.9 Å². The highest BCUT2D eigenvalue weighted by atomic mass is 35.5. The molecule has 0 aromatic carbocycles. The summed E-state index contributed by atoms with van der Waals surface area (Å²) in [5.74, 6) is 0.619. The van der Waals surface area contributed by atoms with Crippen LogP contribution in [0, 0.1) is 5.82 Å². The van der Waals surface area contributed by atoms with E-state index in [9.17, 15) is 8.78 Å². The molecule has 2 aliphatic heterocycles. The number of anilines is 1. The highest BCUT2D eigenvalue weighted by molar-refractivity contribution is 7.99. The SMILES string of the molecule is CCSc1nc2c3c(nc(Cl)c(F)c3n1)C(F)CC1CNCCN21. The maximum atomic E-state index is 14.9. The van der Waals surface area contributed by atoms with Crippen molar-refractivity contribution in [1.82, 2.24) is 20.3 Å². The molecule has 2 aromatic rings. The molecule has 0 bridgehead atoms. The van der Waals surface area contributed by atoms with E-state index in [2.05, 4.69) is 25.2 Å². The van der Waals surface area contributed by atoms with Gasteiger partial charge in [0.25, 0.3) is 0 Å². The zero-order valence-corrected chi connectivity index (χ0v) is 14.6. The standard InChI is InChI=1S/C15H16ClF2N5S/c1-2-24-15-21-12-9-11(20-13(16)10(12)18)8(17)5-7-6-19-3-4-23(7)14(9)22-15/h7-8,19H,2-6H2,1H3. The molecule has 0 spiro atoms. The van der Waals surface area contributed by atoms with Crippen molar-refractivity contribution in [2.24, 2.45) is 0 Å². The van der Waals surface area contributed by atoms with Crippen LogP contribution in [0.4, 0.5) is 14.6 Å². The first-order valence-electron chi connectivity index (χ1n) is 7.91. The monoisotopic (exact) mass is 371 g/mol. The Bertz CT molecular complexity index is 805. The van der Waals surface area contributed by atoms with E-state index in [1.54, 1.807) is 0 Å². The molecule has 0 saturated carbocycles. The van der Waals surface area contributed by atoms with E-state index in [-0.39, 0.29) is 28.8 Å². The predicted molar refractivity (Wildman–Crippen MR) is 91.2 cm³/mol. The molecule has 4 heterocycles. The third-order valence-corrected chi connectivity index (χ3v) is 5.38. The zero-order chi connectivity index (χ0) is 16.8. The lowest BCUT2D eigenvalue weighted by molar-refractivity contribution is 0.284. The second-order valence-electron chi connectivity index (χ2n) is 5.84. The molecule has 0 amide bonds. The van der Waals surface area contributed by atoms with E-state index in [0.717, 1.165) is 12.3 Å². The molecule has 0 aliphatic carbocycles. The molecule has 1 fully saturated rings. The highest BCUT2D eigenvalue weighted by Gasteiger charge is 2.36. The van der Waals surface area contributed by atoms with Gasteiger partial charge in [0.2, 0.25) is 0 Å². The van der Waals surface area contributed by atoms with Gasteiger partial charge >= 0.3 is 0 Å². The number of pyridine rings is 1. The van der Waals surface area contributed by atoms with Crippen LogP contribution in [0.1, 0.15) is 25.2 Å². The van der Waals surface area contributed by atoms with Crippen LogP contribution in [0.15, 0.2) is 5.16 Å². The molecule has 2 aromatic heterocycles. The van der Waals surface area contributed by atoms with Gasteiger partial charge in [-0.25, -0.2) is 23.7 Å². The minimum absolute atomic E-state index is 0.0534. The zero-order valence-electron chi connectivity index (χ0n) is 13.0. The molecule has 1 N–H and O–H groups in total. The lowest BCUT2D eigenvalue weighted by atomic mass is 10.1. The van der Waals surface area contributed by atoms with Crippen molar-refractivity contribution in [2.45, 2.75) is 30.7 Å². The van der Waals surface area contributed by atoms with Gasteiger partial charge in [-0.15, -0.1) is 0 Å². The average Bonchev–Trinajstić information content (AvgIpc) is 2.69. The summed E-state index contributed by atoms with van der Waals surface area (Å²) < 4.78 is 29.4. The van der Waals surface area contributed by atoms with Crippen LogP contribution in [-0.2, 0) is 0 Å². The molecular weight excluding hydrogens is 356 g/mol. The summed E-state index contributed by atoms with van der Waals surface area (Å²) in [6, 6.07) is -0.0534. The lowest BCUT2D eigenvalue weighted by Gasteiger charge is -2.36. The molecule has 2 aliphatic rings. The van der Waals surface area contributed by atoms with Crippen LogP contribution >= 0.6 is 23.4 Å². The Morgan fingerprint density at radius 3 is 3.00 bits per heavy atom. The fourth-order valence-corrected chi connectivity index (χ4v) is 4.11. The molecule has 4 rings (SSSR count). The van der Waals surface area contributed by atoms with Gasteiger partial charge < -0.3 is 10.2 Å². The van der Waals surface area contributed by atoms with Crippen LogP contribution in [0.5, 0.6) is 0 Å². The fraction of sp³-hybridized carbons (Fsp3) is 0.533. The van der Waals surface area contributed by atoms with Crippen molar-refractivity contribution in [1.29, 1.82) is 0 Å². The summed E-state index contributed by atoms with van der Waals surface area (Å²) in [4.78, 5) is 14.9. The van der Waals surface area contributed by atoms with Crippen LogP contribution in [0.3, 0.4) is 0 Å². The number of alkyl halides is 1. The first-order chi connectivity index (χ1) is 11.6. The number of rotatable bonds is 2. The average molecular weight is 372 g/mol. The largest absolute Gasteiger partial charge is 0.350 e. The first kappa shape index (κ1) is 16.2. The van der Waals surface area contributed by atoms with Gasteiger partial charge in [-0.3, -0.25) is 0 Å². The summed E-state index contributed by atoms with van der Waals surface area (Å²) in [7, 11) is 0. The molecular formula is C15H16ClF2N5S. The summed E-state index contributed by atoms with van der Waals surface area (Å²) >= 11 is 7.33. The van der Waals surface area contributed by atoms with Crippen LogP contribution in [0.25, 0.3) is 10.9 Å². The van der Waals surface area contributed by atoms with Gasteiger partial charge in [0.1, 0.15) is 17.5 Å². The summed E-state index contributed by atoms with van der Waals surface area (Å²) in [5, 5.41) is 3.77. The van der Waals surface area contributed by atoms with E-state index in [4.69, 9.17) is 11.6 Å². The third-order valence-electron chi connectivity index (χ3n) is 4.40. The van der Waals surface area contributed by atoms with E-state index in [1.807, 2.05) is 6.92 Å². The van der Waals surface area contributed by atoms with Crippen LogP contribution < -0.4 is 10.2 Å². The number of halogens is 3. The van der Waals surface area contributed by atoms with E-state index < -0.39 is 12.0 Å². The van der Waals surface area contributed by atoms with Crippen molar-refractivity contribution < 1.29 is 8.78 Å². The molecule has 128 valence electrons. The quantitative estimate of drug-likeness (QED) is 0.497. The maximum absolute atomic E-state index is 14.9. The van der Waals surface area contributed by atoms with E-state index in [1.165, 1.54) is 11.8 Å². The Labute approximate surface area is 147 Å². The number of aromatic nitrogens is 3. The van der Waals surface area contributed by atoms with E-state index in [0.29, 0.717) is 29.5 Å². The Kier molecular flexibility index (Phi) is 4.22. The first-order valence-corrected chi connectivity index (χ1v) is 9.27. The van der Waals surface area contributed by atoms with Gasteiger partial charge in [0.05, 0.1) is 11.1 Å². The normalized spacial score (nSPS) is 23.2. The molecule has 2 atom stereocenters. The van der Waals surface area contributed by atoms with Crippen molar-refractivity contribution in [3.63, 3.8) is 0 Å². The van der Waals surface area contributed by atoms with Crippen molar-refractivity contribution in [2.75, 3.05) is 30.3 Å². The Balaban J connectivity index is 2.04. The number of fused-ring (bicyclic) bond motifs is 2. The second kappa shape index (κ2) is 6.24. The molecule has 0 radical (unpaired) electrons. The van der Waals surface area contributed by atoms with Gasteiger partial charge in [0, 0.05) is 32.1 Å². The van der Waals surface area contributed by atoms with Crippen molar-refractivity contribution >= 4 is 40.1 Å². The smallest absolute Gasteiger partial charge is 0.190 e. The predicted octanol–water partition coefficient (Wildman–Crippen LogP) is 3.12. The molecule has 9 heteroatoms. The molecule has 5 nitrogen and oxygen atoms in total. The minimum atomic E-state index is -1.33. The maximum Gasteiger partial charge on any atom is 0.190 e. The van der Waals surface area contributed by atoms with Crippen molar-refractivity contribution in [3.8, 4) is 0 Å². The summed E-state index contributed by atoms with van der Waals surface area (Å²) in [5.41, 5.74) is 0.210. The Morgan fingerprint density at radius 1 is 1.38 bits per heavy atom. The number of thioether (sulfide) groups is 1. The highest BCUT2D eigenvalue weighted by Crippen LogP contribution is 2.41. The number of piperazine rings is 1. The van der Waals surface area contributed by atoms with Crippen LogP contribution in [-0.4, -0.2) is 46.4 Å². The van der Waals surface area contributed by atoms with Gasteiger partial charge in [-0.2, -0.15) is 0 Å². The van der Waals surface area contributed by atoms with Crippen molar-refractivity contribution in [3.05, 3.63) is 16.7 Å². The number of nitrogens with zero attached hydrogens (tertiary/aromatic N) is 4. The fourth-order valence-electron chi connectivity index (χ4n) is 3.36. The minimum Gasteiger partial charge on any atom is -0.350 e. The van der Waals surface area contributed by atoms with Gasteiger partial charge in [-0.1, -0.05) is 30.3 Å². The number of nitrogens with one attached hydrogen (secondary N) is 1. The molecule has 2 unspecified atom stereocenters. The van der Waals surface area contributed by atoms with Gasteiger partial charge in [-0.05, 0) is 5.75 Å². The third kappa shape index (κ3) is 2.51. The summed E-state index contributed by atoms with van der Waals surface area (Å²) in [6.45, 7) is 4.09. The molecule has 1 saturated heterocycles. The lowest BCUT2D eigenvalue weighted by Crippen LogP contribution is -2.51. The Hall–Kier alpha value is -1.25. The van der Waals surface area contributed by atoms with E-state index >= 15 is 0 Å². The number of hydrogen-bond acceptors (Lipinski definition) is 6. The molecule has 24 heavy (non-hydrogen) atoms. The van der Waals surface area contributed by atoms with Gasteiger partial charge in [0.15, 0.2) is 16.1 Å². The Morgan fingerprint density at radius 2 is 2.21 bits per heavy atom. The number of hydrogen-bond donors (Lipinski definition) is 1.